The van der Waals surface area contributed by atoms with E-state index in [-0.39, 0.29) is 23.7 Å². The fourth-order valence-corrected chi connectivity index (χ4v) is 2.70. The molecule has 2 amide bonds. The largest absolute Gasteiger partial charge is 0.378 e. The average molecular weight is 246 g/mol. The van der Waals surface area contributed by atoms with Crippen LogP contribution in [0.1, 0.15) is 19.3 Å². The maximum absolute atomic E-state index is 11.9. The van der Waals surface area contributed by atoms with Gasteiger partial charge in [0.25, 0.3) is 0 Å². The number of nitrogens with zero attached hydrogens (tertiary/aromatic N) is 1. The SMILES string of the molecule is O=C1C2CCCC2C(=O)N1CCOCCCl. The quantitative estimate of drug-likeness (QED) is 0.413. The van der Waals surface area contributed by atoms with Gasteiger partial charge in [0, 0.05) is 5.88 Å². The van der Waals surface area contributed by atoms with Gasteiger partial charge >= 0.3 is 0 Å². The number of hydrogen-bond donors (Lipinski definition) is 0. The normalized spacial score (nSPS) is 28.9. The van der Waals surface area contributed by atoms with Gasteiger partial charge in [-0.2, -0.15) is 0 Å². The molecule has 1 saturated heterocycles. The van der Waals surface area contributed by atoms with Gasteiger partial charge in [-0.25, -0.2) is 0 Å². The molecule has 0 spiro atoms. The Morgan fingerprint density at radius 1 is 1.19 bits per heavy atom. The summed E-state index contributed by atoms with van der Waals surface area (Å²) in [5, 5.41) is 0. The summed E-state index contributed by atoms with van der Waals surface area (Å²) >= 11 is 5.46. The van der Waals surface area contributed by atoms with E-state index in [1.807, 2.05) is 0 Å². The molecule has 0 N–H and O–H groups in total. The van der Waals surface area contributed by atoms with Crippen molar-refractivity contribution >= 4 is 23.4 Å². The van der Waals surface area contributed by atoms with Gasteiger partial charge in [0.05, 0.1) is 31.6 Å². The molecule has 1 saturated carbocycles. The van der Waals surface area contributed by atoms with Gasteiger partial charge in [-0.15, -0.1) is 11.6 Å². The summed E-state index contributed by atoms with van der Waals surface area (Å²) in [6.45, 7) is 1.23. The standard InChI is InChI=1S/C11H16ClNO3/c12-4-6-16-7-5-13-10(14)8-2-1-3-9(8)11(13)15/h8-9H,1-7H2. The first-order valence-corrected chi connectivity index (χ1v) is 6.28. The van der Waals surface area contributed by atoms with Crippen molar-refractivity contribution in [2.75, 3.05) is 25.6 Å². The van der Waals surface area contributed by atoms with E-state index in [0.29, 0.717) is 25.6 Å². The molecule has 2 atom stereocenters. The molecule has 1 aliphatic heterocycles. The highest BCUT2D eigenvalue weighted by Gasteiger charge is 2.49. The van der Waals surface area contributed by atoms with Crippen LogP contribution < -0.4 is 0 Å². The topological polar surface area (TPSA) is 46.6 Å². The van der Waals surface area contributed by atoms with Crippen LogP contribution in [0.4, 0.5) is 0 Å². The summed E-state index contributed by atoms with van der Waals surface area (Å²) in [5.41, 5.74) is 0. The Kier molecular flexibility index (Phi) is 3.82. The molecule has 4 nitrogen and oxygen atoms in total. The number of ether oxygens (including phenoxy) is 1. The molecule has 1 aliphatic carbocycles. The molecule has 2 unspecified atom stereocenters. The van der Waals surface area contributed by atoms with Crippen LogP contribution in [-0.4, -0.2) is 42.4 Å². The zero-order valence-corrected chi connectivity index (χ0v) is 9.91. The number of alkyl halides is 1. The van der Waals surface area contributed by atoms with Crippen molar-refractivity contribution < 1.29 is 14.3 Å². The molecule has 0 aromatic carbocycles. The molecule has 2 fully saturated rings. The lowest BCUT2D eigenvalue weighted by atomic mass is 10.00. The Balaban J connectivity index is 1.86. The smallest absolute Gasteiger partial charge is 0.233 e. The van der Waals surface area contributed by atoms with Crippen LogP contribution in [0.15, 0.2) is 0 Å². The molecule has 2 rings (SSSR count). The number of fused-ring (bicyclic) bond motifs is 1. The van der Waals surface area contributed by atoms with Crippen LogP contribution in [-0.2, 0) is 14.3 Å². The van der Waals surface area contributed by atoms with E-state index in [1.165, 1.54) is 4.90 Å². The summed E-state index contributed by atoms with van der Waals surface area (Å²) in [6, 6.07) is 0. The van der Waals surface area contributed by atoms with E-state index in [0.717, 1.165) is 19.3 Å². The highest BCUT2D eigenvalue weighted by molar-refractivity contribution is 6.17. The highest BCUT2D eigenvalue weighted by atomic mass is 35.5. The van der Waals surface area contributed by atoms with Gasteiger partial charge in [-0.3, -0.25) is 14.5 Å². The van der Waals surface area contributed by atoms with Crippen molar-refractivity contribution in [1.29, 1.82) is 0 Å². The fraction of sp³-hybridized carbons (Fsp3) is 0.818. The molecule has 1 heterocycles. The lowest BCUT2D eigenvalue weighted by Crippen LogP contribution is -2.34. The van der Waals surface area contributed by atoms with Crippen LogP contribution in [0, 0.1) is 11.8 Å². The number of halogens is 1. The number of rotatable bonds is 5. The molecule has 2 aliphatic rings. The van der Waals surface area contributed by atoms with Crippen LogP contribution >= 0.6 is 11.6 Å². The van der Waals surface area contributed by atoms with Crippen molar-refractivity contribution in [2.45, 2.75) is 19.3 Å². The van der Waals surface area contributed by atoms with Crippen LogP contribution in [0.25, 0.3) is 0 Å². The minimum absolute atomic E-state index is 0.00183. The monoisotopic (exact) mass is 245 g/mol. The first-order valence-electron chi connectivity index (χ1n) is 5.74. The molecule has 90 valence electrons. The maximum atomic E-state index is 11.9. The van der Waals surface area contributed by atoms with Crippen molar-refractivity contribution in [3.63, 3.8) is 0 Å². The van der Waals surface area contributed by atoms with Crippen LogP contribution in [0.3, 0.4) is 0 Å². The molecule has 0 radical (unpaired) electrons. The lowest BCUT2D eigenvalue weighted by molar-refractivity contribution is -0.141. The second-order valence-electron chi connectivity index (χ2n) is 4.27. The van der Waals surface area contributed by atoms with Gasteiger partial charge < -0.3 is 4.74 Å². The van der Waals surface area contributed by atoms with Crippen molar-refractivity contribution in [3.8, 4) is 0 Å². The predicted octanol–water partition coefficient (Wildman–Crippen LogP) is 1.03. The first kappa shape index (κ1) is 11.9. The van der Waals surface area contributed by atoms with E-state index in [9.17, 15) is 9.59 Å². The molecule has 0 aromatic heterocycles. The third kappa shape index (κ3) is 2.09. The second-order valence-corrected chi connectivity index (χ2v) is 4.65. The summed E-state index contributed by atoms with van der Waals surface area (Å²) < 4.78 is 5.19. The molecule has 5 heteroatoms. The Hall–Kier alpha value is -0.610. The molecular weight excluding hydrogens is 230 g/mol. The number of imide groups is 1. The fourth-order valence-electron chi connectivity index (χ4n) is 2.59. The minimum Gasteiger partial charge on any atom is -0.378 e. The molecule has 0 aromatic rings. The number of hydrogen-bond acceptors (Lipinski definition) is 3. The zero-order chi connectivity index (χ0) is 11.5. The summed E-state index contributed by atoms with van der Waals surface area (Å²) in [7, 11) is 0. The van der Waals surface area contributed by atoms with Crippen LogP contribution in [0.2, 0.25) is 0 Å². The Labute approximate surface area is 99.9 Å². The van der Waals surface area contributed by atoms with Crippen molar-refractivity contribution in [1.82, 2.24) is 4.90 Å². The lowest BCUT2D eigenvalue weighted by Gasteiger charge is -2.15. The van der Waals surface area contributed by atoms with E-state index < -0.39 is 0 Å². The number of carbonyl (C=O) groups excluding carboxylic acids is 2. The first-order chi connectivity index (χ1) is 7.75. The minimum atomic E-state index is -0.0412. The Bertz CT molecular complexity index is 273. The number of carbonyl (C=O) groups is 2. The van der Waals surface area contributed by atoms with Gasteiger partial charge in [-0.05, 0) is 12.8 Å². The van der Waals surface area contributed by atoms with E-state index >= 15 is 0 Å². The number of amides is 2. The van der Waals surface area contributed by atoms with Gasteiger partial charge in [-0.1, -0.05) is 6.42 Å². The molecule has 0 bridgehead atoms. The zero-order valence-electron chi connectivity index (χ0n) is 9.15. The predicted molar refractivity (Wildman–Crippen MR) is 59.1 cm³/mol. The summed E-state index contributed by atoms with van der Waals surface area (Å²) in [6.07, 6.45) is 2.74. The maximum Gasteiger partial charge on any atom is 0.233 e. The van der Waals surface area contributed by atoms with E-state index in [2.05, 4.69) is 0 Å². The van der Waals surface area contributed by atoms with Gasteiger partial charge in [0.2, 0.25) is 11.8 Å². The summed E-state index contributed by atoms with van der Waals surface area (Å²) in [4.78, 5) is 25.1. The number of likely N-dealkylation sites (tertiary alicyclic amines) is 1. The average Bonchev–Trinajstić information content (AvgIpc) is 2.83. The van der Waals surface area contributed by atoms with E-state index in [1.54, 1.807) is 0 Å². The van der Waals surface area contributed by atoms with Gasteiger partial charge in [0.1, 0.15) is 0 Å². The Morgan fingerprint density at radius 2 is 1.81 bits per heavy atom. The summed E-state index contributed by atoms with van der Waals surface area (Å²) in [5.74, 6) is 0.359. The van der Waals surface area contributed by atoms with E-state index in [4.69, 9.17) is 16.3 Å². The Morgan fingerprint density at radius 3 is 2.38 bits per heavy atom. The third-order valence-electron chi connectivity index (χ3n) is 3.36. The van der Waals surface area contributed by atoms with Gasteiger partial charge in [0.15, 0.2) is 0 Å². The van der Waals surface area contributed by atoms with Crippen molar-refractivity contribution in [2.24, 2.45) is 11.8 Å². The van der Waals surface area contributed by atoms with Crippen molar-refractivity contribution in [3.05, 3.63) is 0 Å². The molecule has 16 heavy (non-hydrogen) atoms. The third-order valence-corrected chi connectivity index (χ3v) is 3.52. The highest BCUT2D eigenvalue weighted by Crippen LogP contribution is 2.39. The second kappa shape index (κ2) is 5.15. The molecular formula is C11H16ClNO3. The van der Waals surface area contributed by atoms with Crippen LogP contribution in [0.5, 0.6) is 0 Å².